The highest BCUT2D eigenvalue weighted by Crippen LogP contribution is 2.40. The van der Waals surface area contributed by atoms with E-state index in [9.17, 15) is 4.39 Å². The van der Waals surface area contributed by atoms with Crippen molar-refractivity contribution in [2.75, 3.05) is 26.2 Å². The first-order chi connectivity index (χ1) is 9.57. The van der Waals surface area contributed by atoms with E-state index in [2.05, 4.69) is 17.1 Å². The summed E-state index contributed by atoms with van der Waals surface area (Å²) in [5.41, 5.74) is 2.67. The molecule has 2 fully saturated rings. The molecule has 1 atom stereocenters. The SMILES string of the molecule is Cc1cc(F)ccc1CCN1CCNC(C)(C2CC2)C1. The molecule has 0 aromatic heterocycles. The fraction of sp³-hybridized carbons (Fsp3) is 0.647. The van der Waals surface area contributed by atoms with Crippen molar-refractivity contribution in [1.29, 1.82) is 0 Å². The highest BCUT2D eigenvalue weighted by Gasteiger charge is 2.43. The zero-order chi connectivity index (χ0) is 14.2. The zero-order valence-corrected chi connectivity index (χ0v) is 12.6. The normalized spacial score (nSPS) is 27.8. The van der Waals surface area contributed by atoms with Crippen LogP contribution in [0.5, 0.6) is 0 Å². The van der Waals surface area contributed by atoms with Gasteiger partial charge in [0.15, 0.2) is 0 Å². The fourth-order valence-electron chi connectivity index (χ4n) is 3.50. The summed E-state index contributed by atoms with van der Waals surface area (Å²) in [5.74, 6) is 0.743. The smallest absolute Gasteiger partial charge is 0.123 e. The maximum Gasteiger partial charge on any atom is 0.123 e. The molecule has 1 aromatic rings. The van der Waals surface area contributed by atoms with E-state index in [1.165, 1.54) is 18.4 Å². The number of piperazine rings is 1. The zero-order valence-electron chi connectivity index (χ0n) is 12.6. The van der Waals surface area contributed by atoms with Gasteiger partial charge in [0.1, 0.15) is 5.82 Å². The van der Waals surface area contributed by atoms with E-state index >= 15 is 0 Å². The Morgan fingerprint density at radius 1 is 1.40 bits per heavy atom. The molecule has 1 aliphatic heterocycles. The van der Waals surface area contributed by atoms with Crippen LogP contribution in [0.3, 0.4) is 0 Å². The van der Waals surface area contributed by atoms with Crippen LogP contribution in [0.25, 0.3) is 0 Å². The van der Waals surface area contributed by atoms with E-state index in [0.717, 1.165) is 44.1 Å². The molecule has 1 aliphatic carbocycles. The van der Waals surface area contributed by atoms with Gasteiger partial charge in [-0.2, -0.15) is 0 Å². The molecule has 0 bridgehead atoms. The Kier molecular flexibility index (Phi) is 3.83. The van der Waals surface area contributed by atoms with Crippen LogP contribution in [0, 0.1) is 18.7 Å². The van der Waals surface area contributed by atoms with E-state index in [4.69, 9.17) is 0 Å². The molecule has 0 amide bonds. The van der Waals surface area contributed by atoms with Crippen LogP contribution in [0.15, 0.2) is 18.2 Å². The number of halogens is 1. The molecule has 1 saturated heterocycles. The van der Waals surface area contributed by atoms with Gasteiger partial charge in [-0.25, -0.2) is 4.39 Å². The lowest BCUT2D eigenvalue weighted by molar-refractivity contribution is 0.128. The van der Waals surface area contributed by atoms with Crippen molar-refractivity contribution in [2.45, 2.75) is 38.6 Å². The van der Waals surface area contributed by atoms with Crippen molar-refractivity contribution in [3.8, 4) is 0 Å². The minimum Gasteiger partial charge on any atom is -0.309 e. The summed E-state index contributed by atoms with van der Waals surface area (Å²) in [7, 11) is 0. The molecule has 1 aromatic carbocycles. The van der Waals surface area contributed by atoms with Gasteiger partial charge in [-0.05, 0) is 62.3 Å². The van der Waals surface area contributed by atoms with Crippen molar-refractivity contribution in [3.05, 3.63) is 35.1 Å². The molecular weight excluding hydrogens is 251 g/mol. The first-order valence-electron chi connectivity index (χ1n) is 7.79. The molecule has 110 valence electrons. The number of rotatable bonds is 4. The van der Waals surface area contributed by atoms with Crippen LogP contribution in [0.1, 0.15) is 30.9 Å². The van der Waals surface area contributed by atoms with Crippen LogP contribution in [-0.4, -0.2) is 36.6 Å². The predicted octanol–water partition coefficient (Wildman–Crippen LogP) is 2.75. The van der Waals surface area contributed by atoms with Crippen molar-refractivity contribution in [3.63, 3.8) is 0 Å². The molecule has 0 radical (unpaired) electrons. The lowest BCUT2D eigenvalue weighted by Crippen LogP contribution is -2.60. The van der Waals surface area contributed by atoms with Gasteiger partial charge in [0.2, 0.25) is 0 Å². The number of hydrogen-bond acceptors (Lipinski definition) is 2. The lowest BCUT2D eigenvalue weighted by atomic mass is 9.92. The van der Waals surface area contributed by atoms with Gasteiger partial charge in [-0.3, -0.25) is 4.90 Å². The topological polar surface area (TPSA) is 15.3 Å². The third-order valence-electron chi connectivity index (χ3n) is 4.99. The van der Waals surface area contributed by atoms with E-state index in [-0.39, 0.29) is 5.82 Å². The highest BCUT2D eigenvalue weighted by molar-refractivity contribution is 5.26. The summed E-state index contributed by atoms with van der Waals surface area (Å²) in [4.78, 5) is 2.57. The maximum absolute atomic E-state index is 13.1. The van der Waals surface area contributed by atoms with Gasteiger partial charge >= 0.3 is 0 Å². The molecule has 0 spiro atoms. The van der Waals surface area contributed by atoms with Crippen LogP contribution < -0.4 is 5.32 Å². The molecule has 20 heavy (non-hydrogen) atoms. The Morgan fingerprint density at radius 3 is 2.90 bits per heavy atom. The van der Waals surface area contributed by atoms with E-state index in [1.807, 2.05) is 13.0 Å². The quantitative estimate of drug-likeness (QED) is 0.909. The number of aryl methyl sites for hydroxylation is 1. The molecular formula is C17H25FN2. The van der Waals surface area contributed by atoms with Crippen molar-refractivity contribution in [2.24, 2.45) is 5.92 Å². The van der Waals surface area contributed by atoms with Gasteiger partial charge in [0.25, 0.3) is 0 Å². The Bertz CT molecular complexity index is 484. The maximum atomic E-state index is 13.1. The van der Waals surface area contributed by atoms with Crippen LogP contribution in [0.2, 0.25) is 0 Å². The Labute approximate surface area is 121 Å². The standard InChI is InChI=1S/C17H25FN2/c1-13-11-16(18)6-3-14(13)7-9-20-10-8-19-17(2,12-20)15-4-5-15/h3,6,11,15,19H,4-5,7-10,12H2,1-2H3. The van der Waals surface area contributed by atoms with E-state index < -0.39 is 0 Å². The molecule has 3 rings (SSSR count). The molecule has 2 nitrogen and oxygen atoms in total. The van der Waals surface area contributed by atoms with Gasteiger partial charge in [0, 0.05) is 31.7 Å². The van der Waals surface area contributed by atoms with Crippen molar-refractivity contribution in [1.82, 2.24) is 10.2 Å². The first-order valence-corrected chi connectivity index (χ1v) is 7.79. The lowest BCUT2D eigenvalue weighted by Gasteiger charge is -2.42. The Hall–Kier alpha value is -0.930. The predicted molar refractivity (Wildman–Crippen MR) is 80.4 cm³/mol. The van der Waals surface area contributed by atoms with E-state index in [1.54, 1.807) is 12.1 Å². The van der Waals surface area contributed by atoms with Crippen molar-refractivity contribution < 1.29 is 4.39 Å². The minimum absolute atomic E-state index is 0.130. The second-order valence-corrected chi connectivity index (χ2v) is 6.72. The summed E-state index contributed by atoms with van der Waals surface area (Å²) < 4.78 is 13.1. The number of nitrogens with one attached hydrogen (secondary N) is 1. The minimum atomic E-state index is -0.130. The van der Waals surface area contributed by atoms with Gasteiger partial charge in [-0.15, -0.1) is 0 Å². The number of nitrogens with zero attached hydrogens (tertiary/aromatic N) is 1. The summed E-state index contributed by atoms with van der Waals surface area (Å²) >= 11 is 0. The molecule has 1 saturated carbocycles. The molecule has 1 heterocycles. The summed E-state index contributed by atoms with van der Waals surface area (Å²) in [6, 6.07) is 5.16. The summed E-state index contributed by atoms with van der Waals surface area (Å²) in [6.07, 6.45) is 3.79. The summed E-state index contributed by atoms with van der Waals surface area (Å²) in [5, 5.41) is 3.71. The number of benzene rings is 1. The van der Waals surface area contributed by atoms with Gasteiger partial charge in [0.05, 0.1) is 0 Å². The van der Waals surface area contributed by atoms with Crippen LogP contribution >= 0.6 is 0 Å². The Balaban J connectivity index is 1.57. The van der Waals surface area contributed by atoms with Crippen LogP contribution in [-0.2, 0) is 6.42 Å². The van der Waals surface area contributed by atoms with Gasteiger partial charge < -0.3 is 5.32 Å². The summed E-state index contributed by atoms with van der Waals surface area (Å²) in [6.45, 7) is 8.83. The largest absolute Gasteiger partial charge is 0.309 e. The Morgan fingerprint density at radius 2 is 2.20 bits per heavy atom. The fourth-order valence-corrected chi connectivity index (χ4v) is 3.50. The third-order valence-corrected chi connectivity index (χ3v) is 4.99. The van der Waals surface area contributed by atoms with Gasteiger partial charge in [-0.1, -0.05) is 6.07 Å². The molecule has 2 aliphatic rings. The third kappa shape index (κ3) is 3.04. The molecule has 1 N–H and O–H groups in total. The van der Waals surface area contributed by atoms with Crippen molar-refractivity contribution >= 4 is 0 Å². The average molecular weight is 276 g/mol. The number of hydrogen-bond donors (Lipinski definition) is 1. The average Bonchev–Trinajstić information content (AvgIpc) is 3.22. The monoisotopic (exact) mass is 276 g/mol. The first kappa shape index (κ1) is 14.0. The molecule has 1 unspecified atom stereocenters. The van der Waals surface area contributed by atoms with Crippen LogP contribution in [0.4, 0.5) is 4.39 Å². The van der Waals surface area contributed by atoms with E-state index in [0.29, 0.717) is 5.54 Å². The second kappa shape index (κ2) is 5.45. The highest BCUT2D eigenvalue weighted by atomic mass is 19.1. The molecule has 3 heteroatoms. The second-order valence-electron chi connectivity index (χ2n) is 6.72.